The van der Waals surface area contributed by atoms with Crippen LogP contribution in [-0.2, 0) is 0 Å². The number of aromatic nitrogens is 2. The second-order valence-corrected chi connectivity index (χ2v) is 4.33. The first-order chi connectivity index (χ1) is 7.66. The highest BCUT2D eigenvalue weighted by Gasteiger charge is 2.22. The summed E-state index contributed by atoms with van der Waals surface area (Å²) in [6.07, 6.45) is 3.81. The SMILES string of the molecule is Cc1cnnc(N2CCCC(C(=N)N)C2)c1. The number of anilines is 1. The molecule has 1 aromatic heterocycles. The van der Waals surface area contributed by atoms with Gasteiger partial charge in [0.2, 0.25) is 0 Å². The fourth-order valence-corrected chi connectivity index (χ4v) is 2.04. The Morgan fingerprint density at radius 1 is 1.62 bits per heavy atom. The van der Waals surface area contributed by atoms with Crippen LogP contribution in [0.15, 0.2) is 12.3 Å². The molecule has 86 valence electrons. The zero-order valence-electron chi connectivity index (χ0n) is 9.48. The number of nitrogens with two attached hydrogens (primary N) is 1. The lowest BCUT2D eigenvalue weighted by molar-refractivity contribution is 0.499. The number of nitrogens with one attached hydrogen (secondary N) is 1. The Kier molecular flexibility index (Phi) is 3.03. The Morgan fingerprint density at radius 2 is 2.44 bits per heavy atom. The molecule has 0 aromatic carbocycles. The summed E-state index contributed by atoms with van der Waals surface area (Å²) in [7, 11) is 0. The molecule has 5 heteroatoms. The smallest absolute Gasteiger partial charge is 0.151 e. The third-order valence-electron chi connectivity index (χ3n) is 2.96. The van der Waals surface area contributed by atoms with Gasteiger partial charge in [-0.1, -0.05) is 0 Å². The lowest BCUT2D eigenvalue weighted by Crippen LogP contribution is -2.41. The molecule has 0 aliphatic carbocycles. The monoisotopic (exact) mass is 219 g/mol. The molecule has 1 unspecified atom stereocenters. The number of hydrogen-bond donors (Lipinski definition) is 2. The lowest BCUT2D eigenvalue weighted by atomic mass is 9.97. The van der Waals surface area contributed by atoms with Gasteiger partial charge in [-0.15, -0.1) is 5.10 Å². The number of amidine groups is 1. The van der Waals surface area contributed by atoms with Crippen molar-refractivity contribution in [1.82, 2.24) is 10.2 Å². The van der Waals surface area contributed by atoms with Gasteiger partial charge in [0.05, 0.1) is 12.0 Å². The third-order valence-corrected chi connectivity index (χ3v) is 2.96. The van der Waals surface area contributed by atoms with E-state index in [1.165, 1.54) is 0 Å². The Morgan fingerprint density at radius 3 is 3.12 bits per heavy atom. The van der Waals surface area contributed by atoms with Crippen molar-refractivity contribution in [3.05, 3.63) is 17.8 Å². The number of piperidine rings is 1. The minimum Gasteiger partial charge on any atom is -0.387 e. The average molecular weight is 219 g/mol. The van der Waals surface area contributed by atoms with Crippen molar-refractivity contribution in [2.45, 2.75) is 19.8 Å². The van der Waals surface area contributed by atoms with Crippen LogP contribution < -0.4 is 10.6 Å². The topological polar surface area (TPSA) is 78.9 Å². The molecular formula is C11H17N5. The Bertz CT molecular complexity index is 390. The highest BCUT2D eigenvalue weighted by atomic mass is 15.3. The maximum absolute atomic E-state index is 7.50. The Balaban J connectivity index is 2.12. The molecule has 0 spiro atoms. The van der Waals surface area contributed by atoms with E-state index in [1.807, 2.05) is 13.0 Å². The van der Waals surface area contributed by atoms with Gasteiger partial charge in [0.25, 0.3) is 0 Å². The van der Waals surface area contributed by atoms with E-state index >= 15 is 0 Å². The summed E-state index contributed by atoms with van der Waals surface area (Å²) in [6.45, 7) is 3.76. The molecule has 5 nitrogen and oxygen atoms in total. The van der Waals surface area contributed by atoms with E-state index < -0.39 is 0 Å². The maximum Gasteiger partial charge on any atom is 0.151 e. The Hall–Kier alpha value is -1.65. The van der Waals surface area contributed by atoms with Crippen molar-refractivity contribution >= 4 is 11.7 Å². The van der Waals surface area contributed by atoms with Crippen molar-refractivity contribution < 1.29 is 0 Å². The molecule has 0 saturated carbocycles. The van der Waals surface area contributed by atoms with Gasteiger partial charge in [-0.05, 0) is 31.4 Å². The number of rotatable bonds is 2. The van der Waals surface area contributed by atoms with Gasteiger partial charge in [-0.2, -0.15) is 5.10 Å². The quantitative estimate of drug-likeness (QED) is 0.573. The largest absolute Gasteiger partial charge is 0.387 e. The fraction of sp³-hybridized carbons (Fsp3) is 0.545. The van der Waals surface area contributed by atoms with E-state index in [0.717, 1.165) is 37.3 Å². The standard InChI is InChI=1S/C11H17N5/c1-8-5-10(15-14-6-8)16-4-2-3-9(7-16)11(12)13/h5-6,9H,2-4,7H2,1H3,(H3,12,13). The summed E-state index contributed by atoms with van der Waals surface area (Å²) in [4.78, 5) is 2.16. The van der Waals surface area contributed by atoms with Crippen LogP contribution in [0.4, 0.5) is 5.82 Å². The first-order valence-electron chi connectivity index (χ1n) is 5.55. The second kappa shape index (κ2) is 4.47. The summed E-state index contributed by atoms with van der Waals surface area (Å²) < 4.78 is 0. The normalized spacial score (nSPS) is 20.8. The van der Waals surface area contributed by atoms with Crippen molar-refractivity contribution in [3.8, 4) is 0 Å². The van der Waals surface area contributed by atoms with Gasteiger partial charge >= 0.3 is 0 Å². The molecule has 1 fully saturated rings. The van der Waals surface area contributed by atoms with Crippen LogP contribution in [0, 0.1) is 18.3 Å². The molecule has 0 amide bonds. The summed E-state index contributed by atoms with van der Waals surface area (Å²) in [6, 6.07) is 2.02. The van der Waals surface area contributed by atoms with E-state index in [0.29, 0.717) is 0 Å². The first-order valence-corrected chi connectivity index (χ1v) is 5.55. The van der Waals surface area contributed by atoms with Crippen LogP contribution in [-0.4, -0.2) is 29.1 Å². The summed E-state index contributed by atoms with van der Waals surface area (Å²) >= 11 is 0. The van der Waals surface area contributed by atoms with Crippen molar-refractivity contribution in [2.75, 3.05) is 18.0 Å². The lowest BCUT2D eigenvalue weighted by Gasteiger charge is -2.32. The molecule has 2 heterocycles. The Labute approximate surface area is 95.2 Å². The average Bonchev–Trinajstić information content (AvgIpc) is 2.29. The summed E-state index contributed by atoms with van der Waals surface area (Å²) in [5.74, 6) is 1.34. The van der Waals surface area contributed by atoms with Crippen molar-refractivity contribution in [2.24, 2.45) is 11.7 Å². The molecule has 1 aliphatic heterocycles. The summed E-state index contributed by atoms with van der Waals surface area (Å²) in [5.41, 5.74) is 6.66. The van der Waals surface area contributed by atoms with Crippen LogP contribution >= 0.6 is 0 Å². The van der Waals surface area contributed by atoms with E-state index in [4.69, 9.17) is 11.1 Å². The molecule has 3 N–H and O–H groups in total. The predicted octanol–water partition coefficient (Wildman–Crippen LogP) is 0.937. The molecule has 0 radical (unpaired) electrons. The molecule has 0 bridgehead atoms. The molecule has 1 aliphatic rings. The van der Waals surface area contributed by atoms with Gasteiger partial charge < -0.3 is 10.6 Å². The molecular weight excluding hydrogens is 202 g/mol. The predicted molar refractivity (Wildman–Crippen MR) is 63.6 cm³/mol. The first kappa shape index (κ1) is 10.9. The molecule has 1 atom stereocenters. The van der Waals surface area contributed by atoms with Gasteiger partial charge in [-0.3, -0.25) is 5.41 Å². The molecule has 2 rings (SSSR count). The number of hydrogen-bond acceptors (Lipinski definition) is 4. The van der Waals surface area contributed by atoms with Crippen LogP contribution in [0.2, 0.25) is 0 Å². The van der Waals surface area contributed by atoms with Crippen LogP contribution in [0.3, 0.4) is 0 Å². The van der Waals surface area contributed by atoms with Crippen LogP contribution in [0.5, 0.6) is 0 Å². The second-order valence-electron chi connectivity index (χ2n) is 4.33. The zero-order valence-corrected chi connectivity index (χ0v) is 9.48. The summed E-state index contributed by atoms with van der Waals surface area (Å²) in [5, 5.41) is 15.6. The zero-order chi connectivity index (χ0) is 11.5. The van der Waals surface area contributed by atoms with Crippen molar-refractivity contribution in [3.63, 3.8) is 0 Å². The minimum absolute atomic E-state index is 0.163. The van der Waals surface area contributed by atoms with Gasteiger partial charge in [0.1, 0.15) is 0 Å². The van der Waals surface area contributed by atoms with E-state index in [1.54, 1.807) is 6.20 Å². The van der Waals surface area contributed by atoms with Gasteiger partial charge in [0.15, 0.2) is 5.82 Å². The molecule has 1 aromatic rings. The van der Waals surface area contributed by atoms with Gasteiger partial charge in [0, 0.05) is 19.0 Å². The van der Waals surface area contributed by atoms with E-state index in [2.05, 4.69) is 15.1 Å². The van der Waals surface area contributed by atoms with E-state index in [-0.39, 0.29) is 11.8 Å². The highest BCUT2D eigenvalue weighted by Crippen LogP contribution is 2.21. The van der Waals surface area contributed by atoms with Gasteiger partial charge in [-0.25, -0.2) is 0 Å². The maximum atomic E-state index is 7.50. The molecule has 1 saturated heterocycles. The third kappa shape index (κ3) is 2.29. The number of nitrogens with zero attached hydrogens (tertiary/aromatic N) is 3. The number of aryl methyl sites for hydroxylation is 1. The van der Waals surface area contributed by atoms with Crippen molar-refractivity contribution in [1.29, 1.82) is 5.41 Å². The van der Waals surface area contributed by atoms with E-state index in [9.17, 15) is 0 Å². The van der Waals surface area contributed by atoms with Crippen LogP contribution in [0.25, 0.3) is 0 Å². The fourth-order valence-electron chi connectivity index (χ4n) is 2.04. The van der Waals surface area contributed by atoms with Crippen LogP contribution in [0.1, 0.15) is 18.4 Å². The minimum atomic E-state index is 0.163. The molecule has 16 heavy (non-hydrogen) atoms. The highest BCUT2D eigenvalue weighted by molar-refractivity contribution is 5.80.